The maximum absolute atomic E-state index is 11.4. The van der Waals surface area contributed by atoms with Gasteiger partial charge in [0.25, 0.3) is 5.91 Å². The van der Waals surface area contributed by atoms with E-state index in [1.165, 1.54) is 12.5 Å². The Morgan fingerprint density at radius 3 is 2.81 bits per heavy atom. The van der Waals surface area contributed by atoms with Gasteiger partial charge < -0.3 is 20.7 Å². The van der Waals surface area contributed by atoms with Gasteiger partial charge in [-0.05, 0) is 28.1 Å². The number of carbonyl (C=O) groups is 2. The summed E-state index contributed by atoms with van der Waals surface area (Å²) in [6, 6.07) is 5.28. The number of nitrogens with two attached hydrogens (primary N) is 1. The van der Waals surface area contributed by atoms with Crippen molar-refractivity contribution >= 4 is 33.5 Å². The van der Waals surface area contributed by atoms with Crippen LogP contribution in [-0.2, 0) is 6.54 Å². The van der Waals surface area contributed by atoms with E-state index < -0.39 is 11.9 Å². The Bertz CT molecular complexity index is 684. The smallest absolute Gasteiger partial charge is 0.356 e. The van der Waals surface area contributed by atoms with E-state index in [2.05, 4.69) is 26.2 Å². The number of anilines is 1. The van der Waals surface area contributed by atoms with Crippen LogP contribution >= 0.6 is 15.9 Å². The molecule has 0 bridgehead atoms. The Labute approximate surface area is 128 Å². The molecule has 0 spiro atoms. The van der Waals surface area contributed by atoms with Gasteiger partial charge in [-0.3, -0.25) is 4.79 Å². The number of carbonyl (C=O) groups excluding carboxylic acids is 1. The van der Waals surface area contributed by atoms with Crippen LogP contribution in [-0.4, -0.2) is 33.1 Å². The number of nitrogens with zero attached hydrogens (tertiary/aromatic N) is 2. The first-order chi connectivity index (χ1) is 9.99. The number of aromatic carboxylic acids is 1. The molecule has 0 fully saturated rings. The maximum atomic E-state index is 11.4. The van der Waals surface area contributed by atoms with Gasteiger partial charge in [-0.15, -0.1) is 0 Å². The van der Waals surface area contributed by atoms with Gasteiger partial charge in [0.1, 0.15) is 0 Å². The summed E-state index contributed by atoms with van der Waals surface area (Å²) in [5.41, 5.74) is 6.35. The highest BCUT2D eigenvalue weighted by atomic mass is 79.9. The normalized spacial score (nSPS) is 10.3. The molecule has 8 heteroatoms. The van der Waals surface area contributed by atoms with Crippen molar-refractivity contribution in [1.29, 1.82) is 0 Å². The topological polar surface area (TPSA) is 110 Å². The highest BCUT2D eigenvalue weighted by molar-refractivity contribution is 9.10. The first-order valence-electron chi connectivity index (χ1n) is 6.06. The lowest BCUT2D eigenvalue weighted by molar-refractivity contribution is 0.0690. The lowest BCUT2D eigenvalue weighted by atomic mass is 10.1. The first-order valence-corrected chi connectivity index (χ1v) is 6.85. The second-order valence-electron chi connectivity index (χ2n) is 4.26. The molecule has 0 saturated heterocycles. The van der Waals surface area contributed by atoms with Gasteiger partial charge >= 0.3 is 5.97 Å². The molecule has 1 amide bonds. The van der Waals surface area contributed by atoms with Gasteiger partial charge in [0.15, 0.2) is 5.69 Å². The third-order valence-corrected chi connectivity index (χ3v) is 3.46. The number of nitrogens with one attached hydrogen (secondary N) is 1. The summed E-state index contributed by atoms with van der Waals surface area (Å²) in [5, 5.41) is 11.9. The zero-order chi connectivity index (χ0) is 15.4. The number of aromatic nitrogens is 2. The number of hydrogen-bond donors (Lipinski definition) is 3. The summed E-state index contributed by atoms with van der Waals surface area (Å²) in [5.74, 6) is -1.59. The zero-order valence-corrected chi connectivity index (χ0v) is 12.5. The Kier molecular flexibility index (Phi) is 4.59. The second-order valence-corrected chi connectivity index (χ2v) is 5.11. The number of rotatable bonds is 6. The number of carboxylic acids is 1. The van der Waals surface area contributed by atoms with Crippen LogP contribution < -0.4 is 11.1 Å². The quantitative estimate of drug-likeness (QED) is 0.730. The molecule has 1 heterocycles. The van der Waals surface area contributed by atoms with Gasteiger partial charge in [0.05, 0.1) is 11.9 Å². The van der Waals surface area contributed by atoms with E-state index in [4.69, 9.17) is 10.8 Å². The predicted molar refractivity (Wildman–Crippen MR) is 80.3 cm³/mol. The fourth-order valence-corrected chi connectivity index (χ4v) is 2.40. The Hall–Kier alpha value is -2.35. The van der Waals surface area contributed by atoms with Crippen molar-refractivity contribution in [2.45, 2.75) is 6.54 Å². The number of amides is 1. The minimum absolute atomic E-state index is 0.00437. The first kappa shape index (κ1) is 15.0. The van der Waals surface area contributed by atoms with Crippen LogP contribution in [0.4, 0.5) is 5.69 Å². The van der Waals surface area contributed by atoms with Crippen molar-refractivity contribution in [3.8, 4) is 0 Å². The van der Waals surface area contributed by atoms with Crippen LogP contribution in [0.5, 0.6) is 0 Å². The molecule has 1 aromatic heterocycles. The number of hydrogen-bond acceptors (Lipinski definition) is 4. The minimum Gasteiger partial charge on any atom is -0.476 e. The standard InChI is InChI=1S/C13H13BrN4O3/c14-8-2-1-3-9(11(8)12(15)19)16-4-5-18-6-10(13(20)21)17-7-18/h1-3,6-7,16H,4-5H2,(H2,15,19)(H,20,21). The number of primary amides is 1. The van der Waals surface area contributed by atoms with E-state index in [0.29, 0.717) is 28.8 Å². The number of imidazole rings is 1. The fraction of sp³-hybridized carbons (Fsp3) is 0.154. The van der Waals surface area contributed by atoms with E-state index in [1.807, 2.05) is 0 Å². The van der Waals surface area contributed by atoms with Crippen LogP contribution in [0.1, 0.15) is 20.8 Å². The molecule has 2 rings (SSSR count). The van der Waals surface area contributed by atoms with Crippen LogP contribution in [0.3, 0.4) is 0 Å². The Morgan fingerprint density at radius 2 is 2.19 bits per heavy atom. The molecule has 0 unspecified atom stereocenters. The lowest BCUT2D eigenvalue weighted by Gasteiger charge is -2.11. The molecule has 7 nitrogen and oxygen atoms in total. The van der Waals surface area contributed by atoms with Gasteiger partial charge in [-0.1, -0.05) is 6.07 Å². The van der Waals surface area contributed by atoms with Crippen molar-refractivity contribution in [3.63, 3.8) is 0 Å². The monoisotopic (exact) mass is 352 g/mol. The van der Waals surface area contributed by atoms with E-state index in [9.17, 15) is 9.59 Å². The van der Waals surface area contributed by atoms with Gasteiger partial charge in [0.2, 0.25) is 0 Å². The summed E-state index contributed by atoms with van der Waals surface area (Å²) in [4.78, 5) is 25.9. The van der Waals surface area contributed by atoms with Crippen LogP contribution in [0.2, 0.25) is 0 Å². The summed E-state index contributed by atoms with van der Waals surface area (Å²) in [6.07, 6.45) is 2.89. The largest absolute Gasteiger partial charge is 0.476 e. The summed E-state index contributed by atoms with van der Waals surface area (Å²) in [7, 11) is 0. The summed E-state index contributed by atoms with van der Waals surface area (Å²) < 4.78 is 2.27. The van der Waals surface area contributed by atoms with E-state index in [1.54, 1.807) is 22.8 Å². The van der Waals surface area contributed by atoms with Gasteiger partial charge in [-0.25, -0.2) is 9.78 Å². The molecule has 1 aromatic carbocycles. The molecule has 0 aliphatic rings. The molecule has 0 radical (unpaired) electrons. The molecule has 4 N–H and O–H groups in total. The van der Waals surface area contributed by atoms with Crippen LogP contribution in [0, 0.1) is 0 Å². The highest BCUT2D eigenvalue weighted by Crippen LogP contribution is 2.24. The van der Waals surface area contributed by atoms with Crippen molar-refractivity contribution < 1.29 is 14.7 Å². The van der Waals surface area contributed by atoms with Gasteiger partial charge in [0, 0.05) is 29.4 Å². The van der Waals surface area contributed by atoms with Crippen LogP contribution in [0.25, 0.3) is 0 Å². The van der Waals surface area contributed by atoms with Crippen molar-refractivity contribution in [2.75, 3.05) is 11.9 Å². The molecule has 0 aliphatic carbocycles. The van der Waals surface area contributed by atoms with E-state index in [0.717, 1.165) is 0 Å². The second kappa shape index (κ2) is 6.40. The third kappa shape index (κ3) is 3.60. The average Bonchev–Trinajstić information content (AvgIpc) is 2.87. The molecule has 110 valence electrons. The molecule has 0 aliphatic heterocycles. The molecule has 21 heavy (non-hydrogen) atoms. The maximum Gasteiger partial charge on any atom is 0.356 e. The van der Waals surface area contributed by atoms with Crippen molar-refractivity contribution in [2.24, 2.45) is 5.73 Å². The zero-order valence-electron chi connectivity index (χ0n) is 10.9. The van der Waals surface area contributed by atoms with Crippen molar-refractivity contribution in [1.82, 2.24) is 9.55 Å². The number of halogens is 1. The molecular weight excluding hydrogens is 340 g/mol. The van der Waals surface area contributed by atoms with E-state index in [-0.39, 0.29) is 5.69 Å². The molecular formula is C13H13BrN4O3. The fourth-order valence-electron chi connectivity index (χ4n) is 1.83. The number of benzene rings is 1. The third-order valence-electron chi connectivity index (χ3n) is 2.80. The van der Waals surface area contributed by atoms with Gasteiger partial charge in [-0.2, -0.15) is 0 Å². The molecule has 0 atom stereocenters. The average molecular weight is 353 g/mol. The molecule has 2 aromatic rings. The van der Waals surface area contributed by atoms with Crippen molar-refractivity contribution in [3.05, 3.63) is 46.5 Å². The summed E-state index contributed by atoms with van der Waals surface area (Å²) >= 11 is 3.28. The lowest BCUT2D eigenvalue weighted by Crippen LogP contribution is -2.17. The highest BCUT2D eigenvalue weighted by Gasteiger charge is 2.12. The summed E-state index contributed by atoms with van der Waals surface area (Å²) in [6.45, 7) is 0.997. The predicted octanol–water partition coefficient (Wildman–Crippen LogP) is 1.55. The molecule has 0 saturated carbocycles. The van der Waals surface area contributed by atoms with E-state index >= 15 is 0 Å². The number of carboxylic acid groups (broad SMARTS) is 1. The van der Waals surface area contributed by atoms with Crippen LogP contribution in [0.15, 0.2) is 35.2 Å². The Balaban J connectivity index is 2.02. The SMILES string of the molecule is NC(=O)c1c(Br)cccc1NCCn1cnc(C(=O)O)c1. The Morgan fingerprint density at radius 1 is 1.43 bits per heavy atom. The minimum atomic E-state index is -1.07.